The van der Waals surface area contributed by atoms with Gasteiger partial charge in [0.1, 0.15) is 11.3 Å². The third-order valence-corrected chi connectivity index (χ3v) is 7.17. The van der Waals surface area contributed by atoms with Gasteiger partial charge in [0.05, 0.1) is 21.6 Å². The first-order valence-electron chi connectivity index (χ1n) is 12.5. The van der Waals surface area contributed by atoms with E-state index in [1.54, 1.807) is 48.5 Å². The molecule has 1 aliphatic heterocycles. The van der Waals surface area contributed by atoms with Gasteiger partial charge < -0.3 is 9.30 Å². The highest BCUT2D eigenvalue weighted by Crippen LogP contribution is 2.35. The lowest BCUT2D eigenvalue weighted by Gasteiger charge is -2.28. The van der Waals surface area contributed by atoms with Gasteiger partial charge in [-0.3, -0.25) is 40.0 Å². The van der Waals surface area contributed by atoms with Crippen LogP contribution in [0.2, 0.25) is 5.02 Å². The Morgan fingerprint density at radius 3 is 2.19 bits per heavy atom. The number of aryl methyl sites for hydroxylation is 1. The van der Waals surface area contributed by atoms with Gasteiger partial charge in [-0.1, -0.05) is 11.6 Å². The van der Waals surface area contributed by atoms with Crippen LogP contribution in [0, 0.1) is 34.1 Å². The molecule has 216 valence electrons. The quantitative estimate of drug-likeness (QED) is 0.0848. The number of thiocarbonyl (C=S) groups is 1. The Hall–Kier alpha value is -5.40. The van der Waals surface area contributed by atoms with E-state index in [-0.39, 0.29) is 22.2 Å². The third-order valence-electron chi connectivity index (χ3n) is 6.63. The molecule has 5 rings (SSSR count). The maximum absolute atomic E-state index is 13.4. The Morgan fingerprint density at radius 2 is 1.56 bits per heavy atom. The van der Waals surface area contributed by atoms with Crippen LogP contribution in [0.3, 0.4) is 0 Å². The molecule has 0 aliphatic carbocycles. The zero-order valence-electron chi connectivity index (χ0n) is 22.4. The molecule has 1 N–H and O–H groups in total. The SMILES string of the molecule is Cc1cc(/C=C2\C(=O)NC(=S)N(c3ccc(Cl)cc3)C2=O)c(C)n1-c1ccc(Oc2ccc([N+](=O)[O-])cc2[N+](=O)[O-])cc1. The molecule has 14 heteroatoms. The van der Waals surface area contributed by atoms with E-state index < -0.39 is 33.0 Å². The number of nitrogens with one attached hydrogen (secondary N) is 1. The number of nitrogens with zero attached hydrogens (tertiary/aromatic N) is 4. The van der Waals surface area contributed by atoms with Crippen molar-refractivity contribution < 1.29 is 24.2 Å². The van der Waals surface area contributed by atoms with Crippen molar-refractivity contribution in [1.29, 1.82) is 0 Å². The Balaban J connectivity index is 1.43. The summed E-state index contributed by atoms with van der Waals surface area (Å²) in [5.74, 6) is -1.07. The monoisotopic (exact) mass is 617 g/mol. The van der Waals surface area contributed by atoms with Crippen molar-refractivity contribution in [2.75, 3.05) is 4.90 Å². The second kappa shape index (κ2) is 11.5. The van der Waals surface area contributed by atoms with Crippen LogP contribution in [0.5, 0.6) is 11.5 Å². The average molecular weight is 618 g/mol. The molecule has 0 radical (unpaired) electrons. The second-order valence-corrected chi connectivity index (χ2v) is 10.2. The number of non-ortho nitro benzene ring substituents is 1. The molecule has 4 aromatic rings. The van der Waals surface area contributed by atoms with Crippen LogP contribution in [0.4, 0.5) is 17.1 Å². The number of aromatic nitrogens is 1. The minimum atomic E-state index is -0.751. The normalized spacial score (nSPS) is 14.2. The molecule has 1 saturated heterocycles. The number of benzene rings is 3. The van der Waals surface area contributed by atoms with E-state index >= 15 is 0 Å². The molecule has 0 spiro atoms. The van der Waals surface area contributed by atoms with E-state index in [2.05, 4.69) is 5.32 Å². The molecular weight excluding hydrogens is 598 g/mol. The topological polar surface area (TPSA) is 150 Å². The van der Waals surface area contributed by atoms with E-state index in [1.165, 1.54) is 17.0 Å². The summed E-state index contributed by atoms with van der Waals surface area (Å²) in [6.45, 7) is 3.69. The summed E-state index contributed by atoms with van der Waals surface area (Å²) in [7, 11) is 0. The fourth-order valence-corrected chi connectivity index (χ4v) is 5.01. The maximum Gasteiger partial charge on any atom is 0.318 e. The van der Waals surface area contributed by atoms with Gasteiger partial charge in [0.2, 0.25) is 5.75 Å². The van der Waals surface area contributed by atoms with E-state index in [1.807, 2.05) is 24.5 Å². The number of hydrogen-bond acceptors (Lipinski definition) is 8. The number of rotatable bonds is 7. The van der Waals surface area contributed by atoms with Crippen molar-refractivity contribution in [1.82, 2.24) is 9.88 Å². The van der Waals surface area contributed by atoms with Crippen molar-refractivity contribution in [2.45, 2.75) is 13.8 Å². The Bertz CT molecular complexity index is 1870. The van der Waals surface area contributed by atoms with Crippen LogP contribution >= 0.6 is 23.8 Å². The zero-order valence-corrected chi connectivity index (χ0v) is 24.0. The molecular formula is C29H20ClN5O7S. The van der Waals surface area contributed by atoms with Gasteiger partial charge in [-0.15, -0.1) is 0 Å². The van der Waals surface area contributed by atoms with Crippen LogP contribution in [-0.4, -0.2) is 31.3 Å². The molecule has 0 bridgehead atoms. The summed E-state index contributed by atoms with van der Waals surface area (Å²) in [5.41, 5.74) is 2.27. The highest BCUT2D eigenvalue weighted by molar-refractivity contribution is 7.80. The number of carbonyl (C=O) groups is 2. The molecule has 0 unspecified atom stereocenters. The molecule has 1 aromatic heterocycles. The average Bonchev–Trinajstić information content (AvgIpc) is 3.24. The number of amides is 2. The minimum Gasteiger partial charge on any atom is -0.450 e. The minimum absolute atomic E-state index is 0.0405. The van der Waals surface area contributed by atoms with E-state index in [0.717, 1.165) is 23.5 Å². The number of halogens is 1. The van der Waals surface area contributed by atoms with E-state index in [0.29, 0.717) is 22.0 Å². The van der Waals surface area contributed by atoms with E-state index in [9.17, 15) is 29.8 Å². The standard InChI is InChI=1S/C29H20ClN5O7S/c1-16-13-18(14-24-27(36)31-29(43)33(28(24)37)21-5-3-19(30)4-6-21)17(2)32(16)20-7-10-23(11-8-20)42-26-12-9-22(34(38)39)15-25(26)35(40)41/h3-15H,1-2H3,(H,31,36,43)/b24-14+. The van der Waals surface area contributed by atoms with Crippen LogP contribution < -0.4 is 15.0 Å². The first-order chi connectivity index (χ1) is 20.4. The van der Waals surface area contributed by atoms with Gasteiger partial charge in [-0.05, 0) is 98.4 Å². The fourth-order valence-electron chi connectivity index (χ4n) is 4.61. The molecule has 1 fully saturated rings. The van der Waals surface area contributed by atoms with Crippen LogP contribution in [0.1, 0.15) is 17.0 Å². The van der Waals surface area contributed by atoms with Crippen LogP contribution in [0.15, 0.2) is 78.4 Å². The summed E-state index contributed by atoms with van der Waals surface area (Å²) in [4.78, 5) is 48.4. The molecule has 0 atom stereocenters. The van der Waals surface area contributed by atoms with Gasteiger partial charge in [-0.2, -0.15) is 0 Å². The molecule has 2 amide bonds. The van der Waals surface area contributed by atoms with Crippen LogP contribution in [-0.2, 0) is 9.59 Å². The van der Waals surface area contributed by atoms with Gasteiger partial charge in [-0.25, -0.2) is 0 Å². The number of nitro benzene ring substituents is 2. The second-order valence-electron chi connectivity index (χ2n) is 9.36. The largest absolute Gasteiger partial charge is 0.450 e. The maximum atomic E-state index is 13.4. The van der Waals surface area contributed by atoms with Gasteiger partial charge in [0.25, 0.3) is 17.5 Å². The summed E-state index contributed by atoms with van der Waals surface area (Å²) in [5, 5.41) is 25.4. The number of nitro groups is 2. The van der Waals surface area contributed by atoms with Gasteiger partial charge >= 0.3 is 5.69 Å². The summed E-state index contributed by atoms with van der Waals surface area (Å²) < 4.78 is 7.56. The van der Waals surface area contributed by atoms with Crippen molar-refractivity contribution in [3.05, 3.63) is 121 Å². The van der Waals surface area contributed by atoms with Crippen molar-refractivity contribution >= 4 is 63.9 Å². The van der Waals surface area contributed by atoms with Gasteiger partial charge in [0.15, 0.2) is 5.11 Å². The van der Waals surface area contributed by atoms with Crippen molar-refractivity contribution in [2.24, 2.45) is 0 Å². The predicted molar refractivity (Wildman–Crippen MR) is 163 cm³/mol. The summed E-state index contributed by atoms with van der Waals surface area (Å²) in [6.07, 6.45) is 1.51. The molecule has 12 nitrogen and oxygen atoms in total. The fraction of sp³-hybridized carbons (Fsp3) is 0.0690. The Labute approximate surface area is 254 Å². The third kappa shape index (κ3) is 5.71. The predicted octanol–water partition coefficient (Wildman–Crippen LogP) is 6.19. The number of anilines is 1. The van der Waals surface area contributed by atoms with Crippen molar-refractivity contribution in [3.63, 3.8) is 0 Å². The molecule has 1 aliphatic rings. The zero-order chi connectivity index (χ0) is 31.0. The highest BCUT2D eigenvalue weighted by atomic mass is 35.5. The molecule has 0 saturated carbocycles. The van der Waals surface area contributed by atoms with E-state index in [4.69, 9.17) is 28.6 Å². The summed E-state index contributed by atoms with van der Waals surface area (Å²) in [6, 6.07) is 18.1. The molecule has 2 heterocycles. The Kier molecular flexibility index (Phi) is 7.76. The number of carbonyl (C=O) groups excluding carboxylic acids is 2. The van der Waals surface area contributed by atoms with Gasteiger partial charge in [0, 0.05) is 28.2 Å². The Morgan fingerprint density at radius 1 is 0.907 bits per heavy atom. The smallest absolute Gasteiger partial charge is 0.318 e. The highest BCUT2D eigenvalue weighted by Gasteiger charge is 2.34. The molecule has 3 aromatic carbocycles. The number of hydrogen-bond donors (Lipinski definition) is 1. The van der Waals surface area contributed by atoms with Crippen LogP contribution in [0.25, 0.3) is 11.8 Å². The first kappa shape index (κ1) is 29.1. The first-order valence-corrected chi connectivity index (χ1v) is 13.3. The van der Waals surface area contributed by atoms with Crippen molar-refractivity contribution in [3.8, 4) is 17.2 Å². The summed E-state index contributed by atoms with van der Waals surface area (Å²) >= 11 is 11.2. The lowest BCUT2D eigenvalue weighted by molar-refractivity contribution is -0.394. The lowest BCUT2D eigenvalue weighted by Crippen LogP contribution is -2.54. The number of ether oxygens (including phenoxy) is 1. The lowest BCUT2D eigenvalue weighted by atomic mass is 10.1. The molecule has 43 heavy (non-hydrogen) atoms.